The van der Waals surface area contributed by atoms with Crippen LogP contribution in [-0.4, -0.2) is 24.2 Å². The zero-order chi connectivity index (χ0) is 15.1. The monoisotopic (exact) mass is 349 g/mol. The Morgan fingerprint density at radius 1 is 1.19 bits per heavy atom. The highest BCUT2D eigenvalue weighted by Crippen LogP contribution is 2.19. The molecular weight excluding hydrogens is 334 g/mol. The molecule has 4 nitrogen and oxygen atoms in total. The van der Waals surface area contributed by atoms with Crippen molar-refractivity contribution in [3.63, 3.8) is 0 Å². The van der Waals surface area contributed by atoms with Gasteiger partial charge in [-0.1, -0.05) is 40.2 Å². The molecule has 5 heteroatoms. The third-order valence-electron chi connectivity index (χ3n) is 2.82. The highest BCUT2D eigenvalue weighted by atomic mass is 79.9. The highest BCUT2D eigenvalue weighted by molar-refractivity contribution is 9.10. The van der Waals surface area contributed by atoms with Gasteiger partial charge in [0, 0.05) is 16.8 Å². The summed E-state index contributed by atoms with van der Waals surface area (Å²) in [7, 11) is 0. The molecule has 0 saturated carbocycles. The van der Waals surface area contributed by atoms with Gasteiger partial charge in [-0.25, -0.2) is 0 Å². The number of aliphatic hydroxyl groups excluding tert-OH is 1. The van der Waals surface area contributed by atoms with Crippen LogP contribution in [0.4, 0.5) is 5.69 Å². The molecule has 0 unspecified atom stereocenters. The van der Waals surface area contributed by atoms with Crippen LogP contribution in [0.2, 0.25) is 0 Å². The molecule has 0 aliphatic heterocycles. The molecule has 0 saturated heterocycles. The van der Waals surface area contributed by atoms with Gasteiger partial charge in [-0.3, -0.25) is 4.79 Å². The zero-order valence-corrected chi connectivity index (χ0v) is 13.0. The van der Waals surface area contributed by atoms with Crippen molar-refractivity contribution in [2.24, 2.45) is 0 Å². The minimum Gasteiger partial charge on any atom is -0.483 e. The minimum absolute atomic E-state index is 0.0462. The van der Waals surface area contributed by atoms with Gasteiger partial charge in [0.1, 0.15) is 5.75 Å². The summed E-state index contributed by atoms with van der Waals surface area (Å²) in [5.41, 5.74) is 1.59. The number of nitrogens with one attached hydrogen (secondary N) is 1. The van der Waals surface area contributed by atoms with E-state index in [1.54, 1.807) is 6.07 Å². The third kappa shape index (κ3) is 4.88. The van der Waals surface area contributed by atoms with Crippen LogP contribution in [0.15, 0.2) is 53.0 Å². The molecule has 2 aromatic carbocycles. The molecule has 110 valence electrons. The molecule has 21 heavy (non-hydrogen) atoms. The Labute approximate surface area is 131 Å². The fourth-order valence-electron chi connectivity index (χ4n) is 1.88. The molecule has 2 rings (SSSR count). The topological polar surface area (TPSA) is 58.6 Å². The lowest BCUT2D eigenvalue weighted by molar-refractivity contribution is -0.118. The zero-order valence-electron chi connectivity index (χ0n) is 11.4. The van der Waals surface area contributed by atoms with Gasteiger partial charge in [-0.15, -0.1) is 0 Å². The summed E-state index contributed by atoms with van der Waals surface area (Å²) in [6.45, 7) is -0.0282. The van der Waals surface area contributed by atoms with Crippen molar-refractivity contribution in [1.29, 1.82) is 0 Å². The van der Waals surface area contributed by atoms with E-state index in [2.05, 4.69) is 21.2 Å². The summed E-state index contributed by atoms with van der Waals surface area (Å²) < 4.78 is 6.42. The van der Waals surface area contributed by atoms with Crippen molar-refractivity contribution in [3.8, 4) is 5.75 Å². The first-order valence-corrected chi connectivity index (χ1v) is 7.35. The van der Waals surface area contributed by atoms with Crippen molar-refractivity contribution < 1.29 is 14.6 Å². The van der Waals surface area contributed by atoms with Crippen LogP contribution in [-0.2, 0) is 11.2 Å². The first-order chi connectivity index (χ1) is 10.2. The summed E-state index contributed by atoms with van der Waals surface area (Å²) in [6.07, 6.45) is 0.503. The second-order valence-corrected chi connectivity index (χ2v) is 5.34. The maximum Gasteiger partial charge on any atom is 0.262 e. The standard InChI is InChI=1S/C16H16BrNO3/c17-13-5-3-6-14(10-13)18-16(20)11-21-15-7-2-1-4-12(15)8-9-19/h1-7,10,19H,8-9,11H2,(H,18,20). The smallest absolute Gasteiger partial charge is 0.262 e. The SMILES string of the molecule is O=C(COc1ccccc1CCO)Nc1cccc(Br)c1. The first-order valence-electron chi connectivity index (χ1n) is 6.56. The molecule has 0 bridgehead atoms. The predicted molar refractivity (Wildman–Crippen MR) is 85.5 cm³/mol. The Morgan fingerprint density at radius 2 is 2.00 bits per heavy atom. The second kappa shape index (κ2) is 7.81. The lowest BCUT2D eigenvalue weighted by Crippen LogP contribution is -2.20. The fraction of sp³-hybridized carbons (Fsp3) is 0.188. The molecule has 0 spiro atoms. The number of benzene rings is 2. The molecule has 0 heterocycles. The van der Waals surface area contributed by atoms with E-state index in [9.17, 15) is 4.79 Å². The fourth-order valence-corrected chi connectivity index (χ4v) is 2.28. The molecule has 2 aromatic rings. The number of carbonyl (C=O) groups excluding carboxylic acids is 1. The summed E-state index contributed by atoms with van der Waals surface area (Å²) in [5.74, 6) is 0.392. The van der Waals surface area contributed by atoms with Gasteiger partial charge >= 0.3 is 0 Å². The summed E-state index contributed by atoms with van der Waals surface area (Å²) in [5, 5.41) is 11.8. The van der Waals surface area contributed by atoms with Crippen molar-refractivity contribution >= 4 is 27.5 Å². The Morgan fingerprint density at radius 3 is 2.76 bits per heavy atom. The van der Waals surface area contributed by atoms with E-state index in [4.69, 9.17) is 9.84 Å². The maximum absolute atomic E-state index is 11.9. The minimum atomic E-state index is -0.230. The molecule has 0 aromatic heterocycles. The van der Waals surface area contributed by atoms with Gasteiger partial charge in [0.2, 0.25) is 0 Å². The van der Waals surface area contributed by atoms with E-state index in [1.165, 1.54) is 0 Å². The number of hydrogen-bond acceptors (Lipinski definition) is 3. The number of anilines is 1. The average molecular weight is 350 g/mol. The number of rotatable bonds is 6. The highest BCUT2D eigenvalue weighted by Gasteiger charge is 2.07. The Kier molecular flexibility index (Phi) is 5.78. The van der Waals surface area contributed by atoms with Crippen LogP contribution in [0, 0.1) is 0 Å². The molecule has 0 aliphatic rings. The summed E-state index contributed by atoms with van der Waals surface area (Å²) in [6, 6.07) is 14.7. The second-order valence-electron chi connectivity index (χ2n) is 4.43. The predicted octanol–water partition coefficient (Wildman–Crippen LogP) is 3.00. The molecule has 0 aliphatic carbocycles. The molecular formula is C16H16BrNO3. The van der Waals surface area contributed by atoms with Crippen molar-refractivity contribution in [1.82, 2.24) is 0 Å². The Balaban J connectivity index is 1.92. The van der Waals surface area contributed by atoms with Crippen LogP contribution in [0.25, 0.3) is 0 Å². The van der Waals surface area contributed by atoms with E-state index in [0.29, 0.717) is 17.9 Å². The van der Waals surface area contributed by atoms with E-state index in [0.717, 1.165) is 10.0 Å². The lowest BCUT2D eigenvalue weighted by atomic mass is 10.1. The van der Waals surface area contributed by atoms with E-state index in [1.807, 2.05) is 42.5 Å². The van der Waals surface area contributed by atoms with Crippen LogP contribution < -0.4 is 10.1 Å². The largest absolute Gasteiger partial charge is 0.483 e. The number of hydrogen-bond donors (Lipinski definition) is 2. The van der Waals surface area contributed by atoms with Gasteiger partial charge in [0.15, 0.2) is 6.61 Å². The Hall–Kier alpha value is -1.85. The number of carbonyl (C=O) groups is 1. The quantitative estimate of drug-likeness (QED) is 0.842. The van der Waals surface area contributed by atoms with Gasteiger partial charge in [0.05, 0.1) is 0 Å². The lowest BCUT2D eigenvalue weighted by Gasteiger charge is -2.11. The van der Waals surface area contributed by atoms with Crippen LogP contribution in [0.5, 0.6) is 5.75 Å². The maximum atomic E-state index is 11.9. The number of halogens is 1. The van der Waals surface area contributed by atoms with E-state index < -0.39 is 0 Å². The first kappa shape index (κ1) is 15.5. The normalized spacial score (nSPS) is 10.2. The van der Waals surface area contributed by atoms with E-state index >= 15 is 0 Å². The van der Waals surface area contributed by atoms with E-state index in [-0.39, 0.29) is 19.1 Å². The number of aliphatic hydroxyl groups is 1. The third-order valence-corrected chi connectivity index (χ3v) is 3.31. The van der Waals surface area contributed by atoms with Gasteiger partial charge < -0.3 is 15.2 Å². The Bertz CT molecular complexity index is 616. The van der Waals surface area contributed by atoms with Gasteiger partial charge in [-0.05, 0) is 36.2 Å². The van der Waals surface area contributed by atoms with Crippen molar-refractivity contribution in [2.45, 2.75) is 6.42 Å². The number of para-hydroxylation sites is 1. The molecule has 2 N–H and O–H groups in total. The summed E-state index contributed by atoms with van der Waals surface area (Å²) >= 11 is 3.35. The van der Waals surface area contributed by atoms with Crippen molar-refractivity contribution in [2.75, 3.05) is 18.5 Å². The molecule has 0 radical (unpaired) electrons. The van der Waals surface area contributed by atoms with Gasteiger partial charge in [0.25, 0.3) is 5.91 Å². The molecule has 0 fully saturated rings. The average Bonchev–Trinajstić information content (AvgIpc) is 2.47. The van der Waals surface area contributed by atoms with Crippen LogP contribution >= 0.6 is 15.9 Å². The molecule has 1 amide bonds. The number of amides is 1. The van der Waals surface area contributed by atoms with Crippen LogP contribution in [0.3, 0.4) is 0 Å². The number of ether oxygens (including phenoxy) is 1. The molecule has 0 atom stereocenters. The van der Waals surface area contributed by atoms with Crippen molar-refractivity contribution in [3.05, 3.63) is 58.6 Å². The van der Waals surface area contributed by atoms with Gasteiger partial charge in [-0.2, -0.15) is 0 Å². The van der Waals surface area contributed by atoms with Crippen LogP contribution in [0.1, 0.15) is 5.56 Å². The summed E-state index contributed by atoms with van der Waals surface area (Å²) in [4.78, 5) is 11.9.